The Labute approximate surface area is 130 Å². The predicted molar refractivity (Wildman–Crippen MR) is 81.2 cm³/mol. The summed E-state index contributed by atoms with van der Waals surface area (Å²) in [5.41, 5.74) is 1.01. The van der Waals surface area contributed by atoms with Crippen LogP contribution >= 0.6 is 0 Å². The zero-order valence-corrected chi connectivity index (χ0v) is 12.8. The van der Waals surface area contributed by atoms with Crippen LogP contribution in [0.15, 0.2) is 18.2 Å². The van der Waals surface area contributed by atoms with Gasteiger partial charge in [0, 0.05) is 13.1 Å². The molecule has 6 nitrogen and oxygen atoms in total. The minimum atomic E-state index is -0.0654. The molecule has 2 aliphatic rings. The summed E-state index contributed by atoms with van der Waals surface area (Å²) in [6.45, 7) is 6.56. The zero-order chi connectivity index (χ0) is 15.4. The fourth-order valence-electron chi connectivity index (χ4n) is 2.66. The maximum absolute atomic E-state index is 12.1. The molecular formula is C16H22N2O4. The van der Waals surface area contributed by atoms with Gasteiger partial charge in [0.25, 0.3) is 0 Å². The third-order valence-electron chi connectivity index (χ3n) is 3.91. The lowest BCUT2D eigenvalue weighted by Gasteiger charge is -2.26. The molecule has 1 atom stereocenters. The van der Waals surface area contributed by atoms with Crippen molar-refractivity contribution in [3.8, 4) is 11.5 Å². The molecule has 1 amide bonds. The molecule has 0 radical (unpaired) electrons. The van der Waals surface area contributed by atoms with E-state index in [1.165, 1.54) is 0 Å². The molecule has 0 saturated carbocycles. The first-order valence-electron chi connectivity index (χ1n) is 7.71. The van der Waals surface area contributed by atoms with Gasteiger partial charge in [-0.25, -0.2) is 0 Å². The number of amides is 1. The number of hydrogen-bond acceptors (Lipinski definition) is 5. The molecule has 1 aromatic rings. The van der Waals surface area contributed by atoms with Crippen LogP contribution in [0.3, 0.4) is 0 Å². The van der Waals surface area contributed by atoms with Gasteiger partial charge in [-0.1, -0.05) is 6.07 Å². The molecule has 0 spiro atoms. The molecule has 2 aliphatic heterocycles. The molecule has 0 unspecified atom stereocenters. The highest BCUT2D eigenvalue weighted by molar-refractivity contribution is 5.78. The number of nitrogens with one attached hydrogen (secondary N) is 1. The summed E-state index contributed by atoms with van der Waals surface area (Å²) in [5.74, 6) is 1.55. The molecule has 22 heavy (non-hydrogen) atoms. The first-order valence-corrected chi connectivity index (χ1v) is 7.71. The summed E-state index contributed by atoms with van der Waals surface area (Å²) in [5, 5.41) is 3.03. The first kappa shape index (κ1) is 15.1. The Morgan fingerprint density at radius 3 is 2.68 bits per heavy atom. The second kappa shape index (κ2) is 6.98. The molecule has 0 bridgehead atoms. The third-order valence-corrected chi connectivity index (χ3v) is 3.91. The quantitative estimate of drug-likeness (QED) is 0.898. The molecule has 0 aliphatic carbocycles. The Balaban J connectivity index is 1.56. The fraction of sp³-hybridized carbons (Fsp3) is 0.562. The smallest absolute Gasteiger partial charge is 0.234 e. The number of ether oxygens (including phenoxy) is 3. The second-order valence-corrected chi connectivity index (χ2v) is 5.58. The molecule has 1 saturated heterocycles. The summed E-state index contributed by atoms with van der Waals surface area (Å²) >= 11 is 0. The van der Waals surface area contributed by atoms with Gasteiger partial charge in [-0.3, -0.25) is 9.69 Å². The van der Waals surface area contributed by atoms with E-state index in [-0.39, 0.29) is 11.9 Å². The number of nitrogens with zero attached hydrogens (tertiary/aromatic N) is 1. The minimum Gasteiger partial charge on any atom is -0.486 e. The van der Waals surface area contributed by atoms with Crippen molar-refractivity contribution in [2.45, 2.75) is 13.0 Å². The average Bonchev–Trinajstić information content (AvgIpc) is 2.55. The number of fused-ring (bicyclic) bond motifs is 1. The Bertz CT molecular complexity index is 529. The summed E-state index contributed by atoms with van der Waals surface area (Å²) < 4.78 is 16.4. The van der Waals surface area contributed by atoms with Crippen molar-refractivity contribution < 1.29 is 19.0 Å². The zero-order valence-electron chi connectivity index (χ0n) is 12.8. The lowest BCUT2D eigenvalue weighted by Crippen LogP contribution is -2.43. The van der Waals surface area contributed by atoms with Gasteiger partial charge in [-0.15, -0.1) is 0 Å². The van der Waals surface area contributed by atoms with Crippen LogP contribution in [-0.4, -0.2) is 56.9 Å². The molecular weight excluding hydrogens is 284 g/mol. The van der Waals surface area contributed by atoms with Crippen LogP contribution < -0.4 is 14.8 Å². The number of rotatable bonds is 4. The molecule has 1 N–H and O–H groups in total. The van der Waals surface area contributed by atoms with Gasteiger partial charge in [0.15, 0.2) is 11.5 Å². The van der Waals surface area contributed by atoms with E-state index in [1.54, 1.807) is 0 Å². The van der Waals surface area contributed by atoms with E-state index in [0.717, 1.165) is 30.2 Å². The fourth-order valence-corrected chi connectivity index (χ4v) is 2.66. The van der Waals surface area contributed by atoms with Crippen LogP contribution in [0.5, 0.6) is 11.5 Å². The van der Waals surface area contributed by atoms with Crippen molar-refractivity contribution in [2.24, 2.45) is 0 Å². The summed E-state index contributed by atoms with van der Waals surface area (Å²) in [4.78, 5) is 14.2. The molecule has 6 heteroatoms. The maximum atomic E-state index is 12.1. The number of carbonyl (C=O) groups excluding carboxylic acids is 1. The monoisotopic (exact) mass is 306 g/mol. The average molecular weight is 306 g/mol. The molecule has 1 aromatic carbocycles. The highest BCUT2D eigenvalue weighted by Crippen LogP contribution is 2.32. The van der Waals surface area contributed by atoms with Crippen LogP contribution in [0.4, 0.5) is 0 Å². The summed E-state index contributed by atoms with van der Waals surface area (Å²) in [6.07, 6.45) is 0. The highest BCUT2D eigenvalue weighted by atomic mass is 16.6. The van der Waals surface area contributed by atoms with Crippen LogP contribution in [-0.2, 0) is 9.53 Å². The van der Waals surface area contributed by atoms with Crippen molar-refractivity contribution in [3.05, 3.63) is 23.8 Å². The van der Waals surface area contributed by atoms with E-state index >= 15 is 0 Å². The van der Waals surface area contributed by atoms with Gasteiger partial charge in [0.1, 0.15) is 13.2 Å². The van der Waals surface area contributed by atoms with Crippen molar-refractivity contribution in [2.75, 3.05) is 46.1 Å². The Kier molecular flexibility index (Phi) is 4.80. The standard InChI is InChI=1S/C16H22N2O4/c1-12(17-16(19)11-18-4-6-20-7-5-18)13-2-3-14-15(10-13)22-9-8-21-14/h2-3,10,12H,4-9,11H2,1H3,(H,17,19)/t12-/m1/s1. The molecule has 2 heterocycles. The number of morpholine rings is 1. The lowest BCUT2D eigenvalue weighted by molar-refractivity contribution is -0.123. The maximum Gasteiger partial charge on any atom is 0.234 e. The van der Waals surface area contributed by atoms with Crippen LogP contribution in [0.1, 0.15) is 18.5 Å². The number of hydrogen-bond donors (Lipinski definition) is 1. The van der Waals surface area contributed by atoms with E-state index in [2.05, 4.69) is 10.2 Å². The lowest BCUT2D eigenvalue weighted by atomic mass is 10.1. The Hall–Kier alpha value is -1.79. The van der Waals surface area contributed by atoms with E-state index < -0.39 is 0 Å². The van der Waals surface area contributed by atoms with E-state index in [0.29, 0.717) is 33.0 Å². The number of benzene rings is 1. The molecule has 3 rings (SSSR count). The molecule has 1 fully saturated rings. The third kappa shape index (κ3) is 3.69. The van der Waals surface area contributed by atoms with Crippen LogP contribution in [0.25, 0.3) is 0 Å². The van der Waals surface area contributed by atoms with Gasteiger partial charge in [0.05, 0.1) is 25.8 Å². The Morgan fingerprint density at radius 1 is 1.18 bits per heavy atom. The normalized spacial score (nSPS) is 19.5. The van der Waals surface area contributed by atoms with E-state index in [9.17, 15) is 4.79 Å². The Morgan fingerprint density at radius 2 is 1.91 bits per heavy atom. The SMILES string of the molecule is C[C@@H](NC(=O)CN1CCOCC1)c1ccc2c(c1)OCCO2. The predicted octanol–water partition coefficient (Wildman–Crippen LogP) is 0.967. The number of carbonyl (C=O) groups is 1. The van der Waals surface area contributed by atoms with Crippen molar-refractivity contribution in [3.63, 3.8) is 0 Å². The van der Waals surface area contributed by atoms with Crippen molar-refractivity contribution >= 4 is 5.91 Å². The molecule has 120 valence electrons. The van der Waals surface area contributed by atoms with Crippen LogP contribution in [0.2, 0.25) is 0 Å². The van der Waals surface area contributed by atoms with Gasteiger partial charge in [-0.05, 0) is 24.6 Å². The topological polar surface area (TPSA) is 60.0 Å². The van der Waals surface area contributed by atoms with E-state index in [4.69, 9.17) is 14.2 Å². The first-order chi connectivity index (χ1) is 10.7. The van der Waals surface area contributed by atoms with Gasteiger partial charge < -0.3 is 19.5 Å². The van der Waals surface area contributed by atoms with E-state index in [1.807, 2.05) is 25.1 Å². The minimum absolute atomic E-state index is 0.0317. The van der Waals surface area contributed by atoms with Gasteiger partial charge >= 0.3 is 0 Å². The van der Waals surface area contributed by atoms with Crippen molar-refractivity contribution in [1.82, 2.24) is 10.2 Å². The summed E-state index contributed by atoms with van der Waals surface area (Å²) in [7, 11) is 0. The molecule has 0 aromatic heterocycles. The van der Waals surface area contributed by atoms with Gasteiger partial charge in [-0.2, -0.15) is 0 Å². The van der Waals surface area contributed by atoms with Crippen LogP contribution in [0, 0.1) is 0 Å². The summed E-state index contributed by atoms with van der Waals surface area (Å²) in [6, 6.07) is 5.74. The van der Waals surface area contributed by atoms with Gasteiger partial charge in [0.2, 0.25) is 5.91 Å². The largest absolute Gasteiger partial charge is 0.486 e. The second-order valence-electron chi connectivity index (χ2n) is 5.58. The van der Waals surface area contributed by atoms with Crippen molar-refractivity contribution in [1.29, 1.82) is 0 Å². The highest BCUT2D eigenvalue weighted by Gasteiger charge is 2.18.